The van der Waals surface area contributed by atoms with E-state index in [4.69, 9.17) is 0 Å². The van der Waals surface area contributed by atoms with E-state index in [1.54, 1.807) is 6.07 Å². The highest BCUT2D eigenvalue weighted by molar-refractivity contribution is 6.04. The van der Waals surface area contributed by atoms with Gasteiger partial charge in [0, 0.05) is 17.8 Å². The Balaban J connectivity index is 1.77. The zero-order valence-electron chi connectivity index (χ0n) is 15.9. The van der Waals surface area contributed by atoms with E-state index in [1.165, 1.54) is 25.7 Å². The van der Waals surface area contributed by atoms with E-state index in [9.17, 15) is 4.79 Å². The van der Waals surface area contributed by atoms with Crippen LogP contribution in [0, 0.1) is 20.8 Å². The molecular weight excluding hydrogens is 324 g/mol. The number of hydrogen-bond donors (Lipinski definition) is 2. The molecule has 1 fully saturated rings. The molecule has 1 aromatic heterocycles. The average molecular weight is 352 g/mol. The van der Waals surface area contributed by atoms with Crippen molar-refractivity contribution >= 4 is 17.4 Å². The lowest BCUT2D eigenvalue weighted by atomic mass is 10.1. The molecule has 1 saturated carbocycles. The molecule has 138 valence electrons. The van der Waals surface area contributed by atoms with Gasteiger partial charge in [-0.2, -0.15) is 0 Å². The van der Waals surface area contributed by atoms with Crippen LogP contribution in [0.4, 0.5) is 11.5 Å². The Morgan fingerprint density at radius 3 is 2.31 bits per heavy atom. The van der Waals surface area contributed by atoms with Gasteiger partial charge in [0.1, 0.15) is 17.3 Å². The molecule has 1 amide bonds. The van der Waals surface area contributed by atoms with Crippen LogP contribution >= 0.6 is 0 Å². The topological polar surface area (TPSA) is 66.9 Å². The first-order chi connectivity index (χ1) is 12.5. The molecule has 0 spiro atoms. The molecule has 0 aliphatic heterocycles. The number of hydrogen-bond acceptors (Lipinski definition) is 4. The third kappa shape index (κ3) is 4.59. The van der Waals surface area contributed by atoms with Crippen LogP contribution in [0.5, 0.6) is 0 Å². The Morgan fingerprint density at radius 2 is 1.65 bits per heavy atom. The fraction of sp³-hybridized carbons (Fsp3) is 0.476. The third-order valence-electron chi connectivity index (χ3n) is 5.00. The highest BCUT2D eigenvalue weighted by Crippen LogP contribution is 2.22. The maximum atomic E-state index is 12.7. The van der Waals surface area contributed by atoms with Gasteiger partial charge in [-0.1, -0.05) is 43.9 Å². The van der Waals surface area contributed by atoms with Gasteiger partial charge >= 0.3 is 0 Å². The zero-order chi connectivity index (χ0) is 18.5. The van der Waals surface area contributed by atoms with Crippen LogP contribution in [0.3, 0.4) is 0 Å². The van der Waals surface area contributed by atoms with Crippen LogP contribution in [-0.2, 0) is 0 Å². The van der Waals surface area contributed by atoms with Gasteiger partial charge in [0.25, 0.3) is 5.91 Å². The van der Waals surface area contributed by atoms with E-state index in [0.717, 1.165) is 35.5 Å². The molecule has 1 aliphatic carbocycles. The fourth-order valence-electron chi connectivity index (χ4n) is 3.58. The normalized spacial score (nSPS) is 15.3. The number of rotatable bonds is 4. The summed E-state index contributed by atoms with van der Waals surface area (Å²) >= 11 is 0. The van der Waals surface area contributed by atoms with Crippen molar-refractivity contribution in [3.8, 4) is 0 Å². The second kappa shape index (κ2) is 8.30. The first-order valence-electron chi connectivity index (χ1n) is 9.53. The molecule has 1 aromatic carbocycles. The number of nitrogens with zero attached hydrogens (tertiary/aromatic N) is 2. The van der Waals surface area contributed by atoms with E-state index in [1.807, 2.05) is 39.0 Å². The Bertz CT molecular complexity index is 759. The van der Waals surface area contributed by atoms with E-state index >= 15 is 0 Å². The number of amides is 1. The predicted octanol–water partition coefficient (Wildman–Crippen LogP) is 4.79. The van der Waals surface area contributed by atoms with Gasteiger partial charge in [0.2, 0.25) is 0 Å². The maximum Gasteiger partial charge on any atom is 0.274 e. The molecule has 1 aliphatic rings. The molecule has 5 nitrogen and oxygen atoms in total. The largest absolute Gasteiger partial charge is 0.367 e. The maximum absolute atomic E-state index is 12.7. The Hall–Kier alpha value is -2.43. The monoisotopic (exact) mass is 352 g/mol. The van der Waals surface area contributed by atoms with Crippen molar-refractivity contribution in [2.75, 3.05) is 10.6 Å². The summed E-state index contributed by atoms with van der Waals surface area (Å²) in [6.07, 6.45) is 7.44. The highest BCUT2D eigenvalue weighted by Gasteiger charge is 2.16. The molecular formula is C21H28N4O. The second-order valence-corrected chi connectivity index (χ2v) is 7.24. The smallest absolute Gasteiger partial charge is 0.274 e. The van der Waals surface area contributed by atoms with Gasteiger partial charge < -0.3 is 10.6 Å². The van der Waals surface area contributed by atoms with E-state index in [-0.39, 0.29) is 5.91 Å². The zero-order valence-corrected chi connectivity index (χ0v) is 15.9. The minimum absolute atomic E-state index is 0.197. The standard InChI is InChI=1S/C21H28N4O/c1-14-9-8-10-15(2)20(14)25-21(26)18-13-19(23-16(3)22-18)24-17-11-6-4-5-7-12-17/h8-10,13,17H,4-7,11-12H2,1-3H3,(H,25,26)(H,22,23,24). The summed E-state index contributed by atoms with van der Waals surface area (Å²) < 4.78 is 0. The SMILES string of the molecule is Cc1nc(NC2CCCCCC2)cc(C(=O)Nc2c(C)cccc2C)n1. The molecule has 0 unspecified atom stereocenters. The second-order valence-electron chi connectivity index (χ2n) is 7.24. The minimum Gasteiger partial charge on any atom is -0.367 e. The van der Waals surface area contributed by atoms with Crippen molar-refractivity contribution in [2.45, 2.75) is 65.3 Å². The van der Waals surface area contributed by atoms with Crippen LogP contribution in [0.2, 0.25) is 0 Å². The van der Waals surface area contributed by atoms with E-state index < -0.39 is 0 Å². The lowest BCUT2D eigenvalue weighted by molar-refractivity contribution is 0.102. The number of para-hydroxylation sites is 1. The lowest BCUT2D eigenvalue weighted by Crippen LogP contribution is -2.21. The van der Waals surface area contributed by atoms with Crippen LogP contribution in [0.15, 0.2) is 24.3 Å². The van der Waals surface area contributed by atoms with Gasteiger partial charge in [0.05, 0.1) is 0 Å². The van der Waals surface area contributed by atoms with Crippen molar-refractivity contribution in [2.24, 2.45) is 0 Å². The average Bonchev–Trinajstić information content (AvgIpc) is 2.86. The summed E-state index contributed by atoms with van der Waals surface area (Å²) in [5, 5.41) is 6.52. The van der Waals surface area contributed by atoms with Crippen LogP contribution in [0.25, 0.3) is 0 Å². The first kappa shape index (κ1) is 18.4. The number of benzene rings is 1. The number of carbonyl (C=O) groups is 1. The van der Waals surface area contributed by atoms with Crippen molar-refractivity contribution < 1.29 is 4.79 Å². The molecule has 0 atom stereocenters. The molecule has 0 saturated heterocycles. The van der Waals surface area contributed by atoms with Crippen molar-refractivity contribution in [1.29, 1.82) is 0 Å². The van der Waals surface area contributed by atoms with Crippen LogP contribution in [0.1, 0.15) is 66.0 Å². The summed E-state index contributed by atoms with van der Waals surface area (Å²) in [5.41, 5.74) is 3.34. The van der Waals surface area contributed by atoms with E-state index in [2.05, 4.69) is 20.6 Å². The van der Waals surface area contributed by atoms with Gasteiger partial charge in [-0.25, -0.2) is 9.97 Å². The third-order valence-corrected chi connectivity index (χ3v) is 5.00. The minimum atomic E-state index is -0.197. The number of carbonyl (C=O) groups excluding carboxylic acids is 1. The van der Waals surface area contributed by atoms with Crippen LogP contribution < -0.4 is 10.6 Å². The summed E-state index contributed by atoms with van der Waals surface area (Å²) in [5.74, 6) is 1.16. The Labute approximate surface area is 155 Å². The number of nitrogens with one attached hydrogen (secondary N) is 2. The molecule has 5 heteroatoms. The van der Waals surface area contributed by atoms with Gasteiger partial charge in [-0.3, -0.25) is 4.79 Å². The van der Waals surface area contributed by atoms with Crippen LogP contribution in [-0.4, -0.2) is 21.9 Å². The first-order valence-corrected chi connectivity index (χ1v) is 9.53. The molecule has 2 N–H and O–H groups in total. The Kier molecular flexibility index (Phi) is 5.86. The number of aromatic nitrogens is 2. The molecule has 1 heterocycles. The predicted molar refractivity (Wildman–Crippen MR) is 106 cm³/mol. The lowest BCUT2D eigenvalue weighted by Gasteiger charge is -2.18. The fourth-order valence-corrected chi connectivity index (χ4v) is 3.58. The van der Waals surface area contributed by atoms with Gasteiger partial charge in [0.15, 0.2) is 0 Å². The number of aryl methyl sites for hydroxylation is 3. The van der Waals surface area contributed by atoms with Gasteiger partial charge in [-0.15, -0.1) is 0 Å². The summed E-state index contributed by atoms with van der Waals surface area (Å²) in [6.45, 7) is 5.81. The summed E-state index contributed by atoms with van der Waals surface area (Å²) in [6, 6.07) is 8.17. The van der Waals surface area contributed by atoms with Crippen molar-refractivity contribution in [3.05, 3.63) is 46.9 Å². The molecule has 0 bridgehead atoms. The highest BCUT2D eigenvalue weighted by atomic mass is 16.1. The van der Waals surface area contributed by atoms with E-state index in [0.29, 0.717) is 17.6 Å². The van der Waals surface area contributed by atoms with Crippen molar-refractivity contribution in [3.63, 3.8) is 0 Å². The molecule has 3 rings (SSSR count). The van der Waals surface area contributed by atoms with Gasteiger partial charge in [-0.05, 0) is 44.7 Å². The Morgan fingerprint density at radius 1 is 1.00 bits per heavy atom. The molecule has 26 heavy (non-hydrogen) atoms. The molecule has 0 radical (unpaired) electrons. The van der Waals surface area contributed by atoms with Crippen molar-refractivity contribution in [1.82, 2.24) is 9.97 Å². The summed E-state index contributed by atoms with van der Waals surface area (Å²) in [7, 11) is 0. The molecule has 2 aromatic rings. The summed E-state index contributed by atoms with van der Waals surface area (Å²) in [4.78, 5) is 21.6. The quantitative estimate of drug-likeness (QED) is 0.777. The number of anilines is 2.